The molecule has 0 saturated carbocycles. The van der Waals surface area contributed by atoms with E-state index in [1.165, 1.54) is 6.92 Å². The third kappa shape index (κ3) is 9.31. The van der Waals surface area contributed by atoms with Gasteiger partial charge in [-0.1, -0.05) is 185 Å². The van der Waals surface area contributed by atoms with Crippen molar-refractivity contribution in [1.82, 2.24) is 14.5 Å². The third-order valence-corrected chi connectivity index (χ3v) is 11.7. The number of hydrogen-bond donors (Lipinski definition) is 1. The summed E-state index contributed by atoms with van der Waals surface area (Å²) in [5.41, 5.74) is 8.93. The summed E-state index contributed by atoms with van der Waals surface area (Å²) in [7, 11) is 0. The van der Waals surface area contributed by atoms with Crippen LogP contribution in [0.4, 0.5) is 0 Å². The van der Waals surface area contributed by atoms with Crippen LogP contribution in [-0.4, -0.2) is 19.6 Å². The van der Waals surface area contributed by atoms with Gasteiger partial charge in [0.25, 0.3) is 0 Å². The maximum absolute atomic E-state index is 12.5. The van der Waals surface area contributed by atoms with Gasteiger partial charge in [-0.05, 0) is 92.3 Å². The quantitative estimate of drug-likeness (QED) is 0.169. The molecule has 64 heavy (non-hydrogen) atoms. The van der Waals surface area contributed by atoms with Crippen LogP contribution >= 0.6 is 0 Å². The molecule has 0 aliphatic heterocycles. The summed E-state index contributed by atoms with van der Waals surface area (Å²) in [6.45, 7) is 27.2. The number of pyridine rings is 1. The molecule has 0 unspecified atom stereocenters. The van der Waals surface area contributed by atoms with Gasteiger partial charge in [-0.2, -0.15) is 0 Å². The van der Waals surface area contributed by atoms with Gasteiger partial charge in [-0.15, -0.1) is 29.3 Å². The molecule has 0 saturated heterocycles. The molecule has 5 heteroatoms. The Morgan fingerprint density at radius 3 is 1.84 bits per heavy atom. The molecule has 8 aromatic rings. The molecule has 0 spiro atoms. The van der Waals surface area contributed by atoms with E-state index in [0.717, 1.165) is 50.1 Å². The Morgan fingerprint density at radius 1 is 0.578 bits per heavy atom. The first kappa shape index (κ1) is 37.8. The van der Waals surface area contributed by atoms with Gasteiger partial charge in [0.2, 0.25) is 0 Å². The topological polar surface area (TPSA) is 50.9 Å². The summed E-state index contributed by atoms with van der Waals surface area (Å²) in [5, 5.41) is 12.5. The molecule has 0 aliphatic rings. The Labute approximate surface area is 406 Å². The second-order valence-corrected chi connectivity index (χ2v) is 20.9. The molecule has 6 aromatic carbocycles. The van der Waals surface area contributed by atoms with Crippen molar-refractivity contribution < 1.29 is 35.8 Å². The standard InChI is InChI=1S/C59H62N3O.Pt/c1-37-22-24-39(25-23-37)40-26-27-60-51(33-40)43-28-42(30-44(31-43)56(2,3)4)48-20-17-21-52-53(48)61-55(49-35-46(58(8,9)10)36-50(54(49)63)59(11,12)13)62(52)47-32-41(38-18-15-14-16-19-38)29-45(34-47)57(5,6)7;/h14-27,29-36,63H,1-13H3;/q-1;/i22D,23D,24D,25D,26D,27D,33D;. The van der Waals surface area contributed by atoms with Gasteiger partial charge < -0.3 is 5.11 Å². The molecule has 2 heterocycles. The third-order valence-electron chi connectivity index (χ3n) is 11.7. The van der Waals surface area contributed by atoms with Crippen LogP contribution in [0.25, 0.3) is 72.7 Å². The largest absolute Gasteiger partial charge is 0.507 e. The van der Waals surface area contributed by atoms with E-state index in [0.29, 0.717) is 28.0 Å². The predicted molar refractivity (Wildman–Crippen MR) is 266 cm³/mol. The van der Waals surface area contributed by atoms with Crippen LogP contribution in [0.5, 0.6) is 5.75 Å². The van der Waals surface area contributed by atoms with Crippen molar-refractivity contribution in [2.45, 2.75) is 112 Å². The Hall–Kier alpha value is -5.57. The van der Waals surface area contributed by atoms with Crippen molar-refractivity contribution in [3.05, 3.63) is 167 Å². The summed E-state index contributed by atoms with van der Waals surface area (Å²) in [4.78, 5) is 10.1. The minimum atomic E-state index is -0.473. The van der Waals surface area contributed by atoms with Crippen molar-refractivity contribution in [3.8, 4) is 67.5 Å². The molecule has 0 aliphatic carbocycles. The SMILES string of the molecule is [2H]c1nc(-c2[c-]c(-c3cccc4c3nc(-c3cc(C(C)(C)C)cc(C(C)(C)C)c3O)n4-c3cc(-c4ccccc4)cc(C(C)(C)C)c3)cc(C(C)(C)C)c2)c([2H])c(-c2c([2H])c([2H])c(C)c([2H])c2[2H])c1[2H].[Pt]. The minimum absolute atomic E-state index is 0. The summed E-state index contributed by atoms with van der Waals surface area (Å²) in [6.07, 6.45) is -0.473. The fourth-order valence-corrected chi connectivity index (χ4v) is 7.88. The molecule has 1 N–H and O–H groups in total. The Bertz CT molecular complexity index is 3380. The zero-order chi connectivity index (χ0) is 51.3. The van der Waals surface area contributed by atoms with Crippen LogP contribution in [0.3, 0.4) is 0 Å². The van der Waals surface area contributed by atoms with Crippen LogP contribution in [-0.2, 0) is 42.7 Å². The number of rotatable bonds is 6. The van der Waals surface area contributed by atoms with Crippen molar-refractivity contribution in [1.29, 1.82) is 0 Å². The molecule has 330 valence electrons. The number of nitrogens with zero attached hydrogens (tertiary/aromatic N) is 3. The van der Waals surface area contributed by atoms with E-state index in [-0.39, 0.29) is 90.2 Å². The maximum Gasteiger partial charge on any atom is 0.148 e. The number of phenols is 1. The number of phenolic OH excluding ortho intramolecular Hbond substituents is 1. The zero-order valence-corrected chi connectivity index (χ0v) is 41.5. The number of hydrogen-bond acceptors (Lipinski definition) is 3. The smallest absolute Gasteiger partial charge is 0.148 e. The van der Waals surface area contributed by atoms with Crippen LogP contribution < -0.4 is 0 Å². The minimum Gasteiger partial charge on any atom is -0.507 e. The molecule has 4 nitrogen and oxygen atoms in total. The molecule has 0 fully saturated rings. The van der Waals surface area contributed by atoms with Crippen molar-refractivity contribution in [2.24, 2.45) is 0 Å². The van der Waals surface area contributed by atoms with E-state index < -0.39 is 23.0 Å². The van der Waals surface area contributed by atoms with Gasteiger partial charge in [-0.25, -0.2) is 4.98 Å². The molecule has 0 bridgehead atoms. The van der Waals surface area contributed by atoms with Gasteiger partial charge in [0.15, 0.2) is 0 Å². The Balaban J connectivity index is 0.00000741. The van der Waals surface area contributed by atoms with Gasteiger partial charge >= 0.3 is 0 Å². The number of fused-ring (bicyclic) bond motifs is 1. The van der Waals surface area contributed by atoms with E-state index in [1.54, 1.807) is 0 Å². The molecular weight excluding hydrogens is 962 g/mol. The maximum atomic E-state index is 12.5. The Kier molecular flexibility index (Phi) is 10.1. The average Bonchev–Trinajstić information content (AvgIpc) is 3.68. The summed E-state index contributed by atoms with van der Waals surface area (Å²) in [6, 6.07) is 32.5. The number of aromatic nitrogens is 3. The predicted octanol–water partition coefficient (Wildman–Crippen LogP) is 15.8. The molecule has 0 atom stereocenters. The normalized spacial score (nSPS) is 13.9. The van der Waals surface area contributed by atoms with Crippen molar-refractivity contribution in [3.63, 3.8) is 0 Å². The molecule has 2 aromatic heterocycles. The second-order valence-electron chi connectivity index (χ2n) is 20.9. The first-order valence-electron chi connectivity index (χ1n) is 25.2. The molecular formula is C59H62N3OPt-. The van der Waals surface area contributed by atoms with Crippen LogP contribution in [0.1, 0.15) is 120 Å². The zero-order valence-electron chi connectivity index (χ0n) is 46.3. The molecule has 8 rings (SSSR count). The monoisotopic (exact) mass is 1030 g/mol. The van der Waals surface area contributed by atoms with E-state index in [2.05, 4.69) is 141 Å². The summed E-state index contributed by atoms with van der Waals surface area (Å²) >= 11 is 0. The van der Waals surface area contributed by atoms with E-state index in [1.807, 2.05) is 48.5 Å². The number of imidazole rings is 1. The van der Waals surface area contributed by atoms with Gasteiger partial charge in [-0.3, -0.25) is 9.55 Å². The number of benzene rings is 6. The molecule has 0 radical (unpaired) electrons. The number of aromatic hydroxyl groups is 1. The van der Waals surface area contributed by atoms with Gasteiger partial charge in [0, 0.05) is 44.2 Å². The van der Waals surface area contributed by atoms with E-state index >= 15 is 0 Å². The fourth-order valence-electron chi connectivity index (χ4n) is 7.88. The molecule has 0 amide bonds. The van der Waals surface area contributed by atoms with Gasteiger partial charge in [0.1, 0.15) is 11.6 Å². The first-order chi connectivity index (χ1) is 32.5. The van der Waals surface area contributed by atoms with Crippen molar-refractivity contribution >= 4 is 11.0 Å². The Morgan fingerprint density at radius 2 is 1.20 bits per heavy atom. The number of para-hydroxylation sites is 1. The van der Waals surface area contributed by atoms with Crippen LogP contribution in [0.15, 0.2) is 133 Å². The first-order valence-corrected chi connectivity index (χ1v) is 21.7. The van der Waals surface area contributed by atoms with Gasteiger partial charge in [0.05, 0.1) is 26.2 Å². The second kappa shape index (κ2) is 17.1. The van der Waals surface area contributed by atoms with Crippen LogP contribution in [0.2, 0.25) is 0 Å². The van der Waals surface area contributed by atoms with E-state index in [4.69, 9.17) is 13.2 Å². The summed E-state index contributed by atoms with van der Waals surface area (Å²) in [5.74, 6) is 0.707. The fraction of sp³-hybridized carbons (Fsp3) is 0.288. The average molecular weight is 1030 g/mol. The van der Waals surface area contributed by atoms with Crippen molar-refractivity contribution in [2.75, 3.05) is 0 Å². The summed E-state index contributed by atoms with van der Waals surface area (Å²) < 4.78 is 64.4. The van der Waals surface area contributed by atoms with E-state index in [9.17, 15) is 6.48 Å². The van der Waals surface area contributed by atoms with Crippen LogP contribution in [0, 0.1) is 13.0 Å².